The van der Waals surface area contributed by atoms with Gasteiger partial charge in [-0.3, -0.25) is 4.79 Å². The standard InChI is InChI=1S/C7H9NO2S/c1-4(9)5-6(10)8-2-3-11-7(5)8/h2-5,7,9H,1H3/t4-,5+,7+/m1/s1. The van der Waals surface area contributed by atoms with Gasteiger partial charge in [-0.15, -0.1) is 11.8 Å². The lowest BCUT2D eigenvalue weighted by Crippen LogP contribution is -2.58. The maximum atomic E-state index is 11.2. The Hall–Kier alpha value is -0.480. The molecule has 1 N–H and O–H groups in total. The van der Waals surface area contributed by atoms with E-state index in [0.29, 0.717) is 0 Å². The summed E-state index contributed by atoms with van der Waals surface area (Å²) >= 11 is 1.60. The Morgan fingerprint density at radius 2 is 2.55 bits per heavy atom. The van der Waals surface area contributed by atoms with Gasteiger partial charge in [0.2, 0.25) is 5.91 Å². The highest BCUT2D eigenvalue weighted by Crippen LogP contribution is 2.42. The molecular weight excluding hydrogens is 162 g/mol. The molecule has 2 aliphatic rings. The molecule has 3 nitrogen and oxygen atoms in total. The minimum Gasteiger partial charge on any atom is -0.392 e. The van der Waals surface area contributed by atoms with Crippen LogP contribution < -0.4 is 0 Å². The van der Waals surface area contributed by atoms with Crippen LogP contribution in [0.25, 0.3) is 0 Å². The maximum Gasteiger partial charge on any atom is 0.236 e. The van der Waals surface area contributed by atoms with Gasteiger partial charge in [0.1, 0.15) is 5.37 Å². The summed E-state index contributed by atoms with van der Waals surface area (Å²) in [7, 11) is 0. The average molecular weight is 171 g/mol. The Labute approximate surface area is 69.1 Å². The molecule has 4 heteroatoms. The Balaban J connectivity index is 2.12. The smallest absolute Gasteiger partial charge is 0.236 e. The first kappa shape index (κ1) is 7.18. The number of thioether (sulfide) groups is 1. The van der Waals surface area contributed by atoms with Gasteiger partial charge < -0.3 is 10.0 Å². The first-order valence-electron chi connectivity index (χ1n) is 3.54. The molecule has 0 aromatic rings. The number of hydrogen-bond acceptors (Lipinski definition) is 3. The summed E-state index contributed by atoms with van der Waals surface area (Å²) in [4.78, 5) is 12.9. The predicted octanol–water partition coefficient (Wildman–Crippen LogP) is 0.370. The van der Waals surface area contributed by atoms with Gasteiger partial charge in [0.25, 0.3) is 0 Å². The average Bonchev–Trinajstić information content (AvgIpc) is 2.30. The Morgan fingerprint density at radius 3 is 3.18 bits per heavy atom. The minimum atomic E-state index is -0.517. The zero-order valence-corrected chi connectivity index (χ0v) is 6.91. The fourth-order valence-electron chi connectivity index (χ4n) is 1.44. The van der Waals surface area contributed by atoms with E-state index in [1.165, 1.54) is 0 Å². The molecule has 11 heavy (non-hydrogen) atoms. The van der Waals surface area contributed by atoms with Crippen LogP contribution in [0, 0.1) is 5.92 Å². The first-order chi connectivity index (χ1) is 5.22. The van der Waals surface area contributed by atoms with Crippen LogP contribution in [0.4, 0.5) is 0 Å². The second kappa shape index (κ2) is 2.25. The molecule has 0 radical (unpaired) electrons. The minimum absolute atomic E-state index is 0.0475. The van der Waals surface area contributed by atoms with Crippen molar-refractivity contribution in [1.82, 2.24) is 4.90 Å². The van der Waals surface area contributed by atoms with Gasteiger partial charge in [-0.05, 0) is 12.3 Å². The summed E-state index contributed by atoms with van der Waals surface area (Å²) in [6, 6.07) is 0. The normalized spacial score (nSPS) is 36.9. The third-order valence-corrected chi connectivity index (χ3v) is 3.16. The van der Waals surface area contributed by atoms with Crippen LogP contribution in [0.15, 0.2) is 11.6 Å². The number of amides is 1. The maximum absolute atomic E-state index is 11.2. The van der Waals surface area contributed by atoms with Crippen molar-refractivity contribution >= 4 is 17.7 Å². The number of fused-ring (bicyclic) bond motifs is 1. The van der Waals surface area contributed by atoms with Gasteiger partial charge in [-0.2, -0.15) is 0 Å². The second-order valence-corrected chi connectivity index (χ2v) is 3.85. The van der Waals surface area contributed by atoms with E-state index in [4.69, 9.17) is 0 Å². The van der Waals surface area contributed by atoms with Crippen LogP contribution >= 0.6 is 11.8 Å². The topological polar surface area (TPSA) is 40.5 Å². The number of rotatable bonds is 1. The van der Waals surface area contributed by atoms with Crippen LogP contribution in [-0.2, 0) is 4.79 Å². The van der Waals surface area contributed by atoms with Crippen molar-refractivity contribution < 1.29 is 9.90 Å². The SMILES string of the molecule is C[C@@H](O)[C@H]1C(=O)N2C=CS[C@@H]12. The summed E-state index contributed by atoms with van der Waals surface area (Å²) in [5.74, 6) is -0.138. The lowest BCUT2D eigenvalue weighted by Gasteiger charge is -2.42. The van der Waals surface area contributed by atoms with E-state index >= 15 is 0 Å². The molecular formula is C7H9NO2S. The van der Waals surface area contributed by atoms with E-state index in [2.05, 4.69) is 0 Å². The predicted molar refractivity (Wildman–Crippen MR) is 42.5 cm³/mol. The summed E-state index contributed by atoms with van der Waals surface area (Å²) < 4.78 is 0. The summed E-state index contributed by atoms with van der Waals surface area (Å²) in [5, 5.41) is 11.3. The van der Waals surface area contributed by atoms with Crippen LogP contribution in [0.2, 0.25) is 0 Å². The number of nitrogens with zero attached hydrogens (tertiary/aromatic N) is 1. The van der Waals surface area contributed by atoms with Gasteiger partial charge in [-0.25, -0.2) is 0 Å². The molecule has 0 aliphatic carbocycles. The Bertz CT molecular complexity index is 226. The molecule has 3 atom stereocenters. The summed E-state index contributed by atoms with van der Waals surface area (Å²) in [5.41, 5.74) is 0. The molecule has 0 spiro atoms. The summed E-state index contributed by atoms with van der Waals surface area (Å²) in [6.07, 6.45) is 1.26. The molecule has 0 saturated carbocycles. The Morgan fingerprint density at radius 1 is 1.82 bits per heavy atom. The lowest BCUT2D eigenvalue weighted by molar-refractivity contribution is -0.151. The second-order valence-electron chi connectivity index (χ2n) is 2.82. The highest BCUT2D eigenvalue weighted by molar-refractivity contribution is 8.03. The van der Waals surface area contributed by atoms with E-state index in [-0.39, 0.29) is 17.2 Å². The van der Waals surface area contributed by atoms with Crippen LogP contribution in [0.5, 0.6) is 0 Å². The van der Waals surface area contributed by atoms with Crippen molar-refractivity contribution in [2.45, 2.75) is 18.4 Å². The number of aliphatic hydroxyl groups excluding tert-OH is 1. The van der Waals surface area contributed by atoms with Crippen LogP contribution in [0.1, 0.15) is 6.92 Å². The number of carbonyl (C=O) groups is 1. The van der Waals surface area contributed by atoms with Gasteiger partial charge >= 0.3 is 0 Å². The van der Waals surface area contributed by atoms with Crippen molar-refractivity contribution in [2.24, 2.45) is 5.92 Å². The zero-order valence-electron chi connectivity index (χ0n) is 6.10. The van der Waals surface area contributed by atoms with Crippen molar-refractivity contribution in [2.75, 3.05) is 0 Å². The number of hydrogen-bond donors (Lipinski definition) is 1. The van der Waals surface area contributed by atoms with E-state index < -0.39 is 6.10 Å². The largest absolute Gasteiger partial charge is 0.392 e. The fourth-order valence-corrected chi connectivity index (χ4v) is 2.63. The molecule has 1 saturated heterocycles. The van der Waals surface area contributed by atoms with Crippen molar-refractivity contribution in [1.29, 1.82) is 0 Å². The van der Waals surface area contributed by atoms with E-state index in [0.717, 1.165) is 0 Å². The van der Waals surface area contributed by atoms with Crippen molar-refractivity contribution in [3.05, 3.63) is 11.6 Å². The van der Waals surface area contributed by atoms with Gasteiger partial charge in [0, 0.05) is 6.20 Å². The molecule has 2 aliphatic heterocycles. The third-order valence-electron chi connectivity index (χ3n) is 2.08. The molecule has 2 heterocycles. The molecule has 0 bridgehead atoms. The quantitative estimate of drug-likeness (QED) is 0.579. The number of β-lactam (4-membered cyclic amide) rings is 1. The molecule has 60 valence electrons. The van der Waals surface area contributed by atoms with Crippen molar-refractivity contribution in [3.8, 4) is 0 Å². The highest BCUT2D eigenvalue weighted by Gasteiger charge is 2.50. The highest BCUT2D eigenvalue weighted by atomic mass is 32.2. The molecule has 1 fully saturated rings. The fraction of sp³-hybridized carbons (Fsp3) is 0.571. The van der Waals surface area contributed by atoms with E-state index in [9.17, 15) is 9.90 Å². The third kappa shape index (κ3) is 0.827. The molecule has 1 amide bonds. The molecule has 0 aromatic heterocycles. The van der Waals surface area contributed by atoms with Gasteiger partial charge in [0.05, 0.1) is 12.0 Å². The lowest BCUT2D eigenvalue weighted by atomic mass is 9.93. The van der Waals surface area contributed by atoms with E-state index in [1.807, 2.05) is 5.41 Å². The first-order valence-corrected chi connectivity index (χ1v) is 4.48. The Kier molecular flexibility index (Phi) is 1.47. The van der Waals surface area contributed by atoms with E-state index in [1.54, 1.807) is 29.8 Å². The molecule has 2 rings (SSSR count). The van der Waals surface area contributed by atoms with Crippen molar-refractivity contribution in [3.63, 3.8) is 0 Å². The van der Waals surface area contributed by atoms with Crippen LogP contribution in [-0.4, -0.2) is 27.4 Å². The van der Waals surface area contributed by atoms with Crippen LogP contribution in [0.3, 0.4) is 0 Å². The zero-order chi connectivity index (χ0) is 8.01. The van der Waals surface area contributed by atoms with Gasteiger partial charge in [0.15, 0.2) is 0 Å². The molecule has 0 aromatic carbocycles. The number of aliphatic hydroxyl groups is 1. The molecule has 0 unspecified atom stereocenters. The van der Waals surface area contributed by atoms with Gasteiger partial charge in [-0.1, -0.05) is 0 Å². The monoisotopic (exact) mass is 171 g/mol. The summed E-state index contributed by atoms with van der Waals surface area (Å²) in [6.45, 7) is 1.67. The number of carbonyl (C=O) groups excluding carboxylic acids is 1.